The molecular formula is C47H84N6O11. The fraction of sp³-hybridized carbons (Fsp3) is 0.787. The number of benzene rings is 1. The van der Waals surface area contributed by atoms with E-state index in [4.69, 9.17) is 29.6 Å². The summed E-state index contributed by atoms with van der Waals surface area (Å²) in [7, 11) is 6.71. The van der Waals surface area contributed by atoms with Crippen molar-refractivity contribution in [3.63, 3.8) is 0 Å². The first kappa shape index (κ1) is 56.9. The first-order chi connectivity index (χ1) is 30.5. The molecule has 5 N–H and O–H groups in total. The first-order valence-electron chi connectivity index (χ1n) is 23.2. The number of likely N-dealkylation sites (tertiary alicyclic amines) is 1. The van der Waals surface area contributed by atoms with E-state index in [1.54, 1.807) is 44.9 Å². The number of amides is 4. The summed E-state index contributed by atoms with van der Waals surface area (Å²) >= 11 is 0. The normalized spacial score (nSPS) is 18.6. The highest BCUT2D eigenvalue weighted by Crippen LogP contribution is 2.30. The Kier molecular flexibility index (Phi) is 26.8. The maximum absolute atomic E-state index is 14.5. The number of hydrogen-bond donors (Lipinski definition) is 4. The molecule has 64 heavy (non-hydrogen) atoms. The van der Waals surface area contributed by atoms with Gasteiger partial charge in [0.2, 0.25) is 23.6 Å². The minimum atomic E-state index is -0.892. The van der Waals surface area contributed by atoms with Crippen LogP contribution in [-0.2, 0) is 47.7 Å². The molecule has 0 radical (unpaired) electrons. The van der Waals surface area contributed by atoms with Crippen molar-refractivity contribution in [3.05, 3.63) is 35.9 Å². The maximum Gasteiger partial charge on any atom is 0.245 e. The number of carbonyl (C=O) groups is 4. The lowest BCUT2D eigenvalue weighted by Crippen LogP contribution is -2.60. The molecule has 1 aromatic rings. The van der Waals surface area contributed by atoms with Gasteiger partial charge in [-0.3, -0.25) is 24.1 Å². The van der Waals surface area contributed by atoms with Gasteiger partial charge in [0.05, 0.1) is 101 Å². The van der Waals surface area contributed by atoms with Crippen LogP contribution in [0.2, 0.25) is 0 Å². The first-order valence-corrected chi connectivity index (χ1v) is 23.2. The lowest BCUT2D eigenvalue weighted by Gasteiger charge is -2.41. The minimum Gasteiger partial charge on any atom is -0.386 e. The zero-order valence-corrected chi connectivity index (χ0v) is 41.0. The van der Waals surface area contributed by atoms with Gasteiger partial charge >= 0.3 is 0 Å². The molecule has 0 saturated carbocycles. The lowest BCUT2D eigenvalue weighted by atomic mass is 9.89. The molecule has 1 saturated heterocycles. The number of likely N-dealkylation sites (N-methyl/N-ethyl adjacent to an activating group) is 2. The number of aliphatic hydroxyl groups excluding tert-OH is 1. The average molecular weight is 909 g/mol. The van der Waals surface area contributed by atoms with Crippen LogP contribution in [0.3, 0.4) is 0 Å². The molecule has 1 heterocycles. The highest BCUT2D eigenvalue weighted by atomic mass is 16.6. The molecule has 0 bridgehead atoms. The number of nitrogens with one attached hydrogen (secondary N) is 2. The molecule has 1 aliphatic rings. The second kappa shape index (κ2) is 30.1. The molecule has 17 nitrogen and oxygen atoms in total. The third-order valence-corrected chi connectivity index (χ3v) is 12.5. The smallest absolute Gasteiger partial charge is 0.245 e. The van der Waals surface area contributed by atoms with Gasteiger partial charge in [0.25, 0.3) is 0 Å². The van der Waals surface area contributed by atoms with E-state index in [0.717, 1.165) is 6.42 Å². The summed E-state index contributed by atoms with van der Waals surface area (Å²) in [6, 6.07) is 6.41. The highest BCUT2D eigenvalue weighted by Gasteiger charge is 2.43. The van der Waals surface area contributed by atoms with Crippen LogP contribution in [-0.4, -0.2) is 174 Å². The second-order valence-electron chi connectivity index (χ2n) is 17.8. The van der Waals surface area contributed by atoms with Gasteiger partial charge in [-0.15, -0.1) is 0 Å². The summed E-state index contributed by atoms with van der Waals surface area (Å²) in [5.41, 5.74) is 0.702. The van der Waals surface area contributed by atoms with Crippen molar-refractivity contribution in [2.45, 2.75) is 130 Å². The van der Waals surface area contributed by atoms with E-state index in [2.05, 4.69) is 15.5 Å². The van der Waals surface area contributed by atoms with E-state index >= 15 is 0 Å². The van der Waals surface area contributed by atoms with E-state index in [1.807, 2.05) is 83.8 Å². The number of hydrogen-bond acceptors (Lipinski definition) is 13. The number of ether oxygens (including phenoxy) is 5. The van der Waals surface area contributed by atoms with Crippen LogP contribution in [0.25, 0.3) is 0 Å². The van der Waals surface area contributed by atoms with E-state index in [-0.39, 0.29) is 53.8 Å². The Hall–Kier alpha value is -3.26. The predicted octanol–water partition coefficient (Wildman–Crippen LogP) is 3.18. The largest absolute Gasteiger partial charge is 0.386 e. The summed E-state index contributed by atoms with van der Waals surface area (Å²) < 4.78 is 28.6. The Bertz CT molecular complexity index is 1490. The third-order valence-electron chi connectivity index (χ3n) is 12.5. The monoisotopic (exact) mass is 909 g/mol. The van der Waals surface area contributed by atoms with E-state index in [1.165, 1.54) is 0 Å². The van der Waals surface area contributed by atoms with Crippen LogP contribution < -0.4 is 16.5 Å². The molecule has 2 rings (SSSR count). The highest BCUT2D eigenvalue weighted by molar-refractivity contribution is 5.90. The molecule has 0 aromatic heterocycles. The molecule has 1 aromatic carbocycles. The number of methoxy groups -OCH3 is 2. The average Bonchev–Trinajstić information content (AvgIpc) is 3.76. The fourth-order valence-corrected chi connectivity index (χ4v) is 8.66. The summed E-state index contributed by atoms with van der Waals surface area (Å²) in [4.78, 5) is 66.3. The van der Waals surface area contributed by atoms with Crippen LogP contribution in [0.4, 0.5) is 0 Å². The molecule has 1 aliphatic heterocycles. The van der Waals surface area contributed by atoms with Gasteiger partial charge in [-0.1, -0.05) is 85.2 Å². The molecule has 0 aliphatic carbocycles. The zero-order chi connectivity index (χ0) is 47.9. The molecule has 368 valence electrons. The number of nitrogens with two attached hydrogens (primary N) is 1. The van der Waals surface area contributed by atoms with Gasteiger partial charge < -0.3 is 54.1 Å². The van der Waals surface area contributed by atoms with Gasteiger partial charge in [-0.2, -0.15) is 0 Å². The van der Waals surface area contributed by atoms with Crippen LogP contribution >= 0.6 is 0 Å². The van der Waals surface area contributed by atoms with E-state index in [0.29, 0.717) is 77.7 Å². The lowest BCUT2D eigenvalue weighted by molar-refractivity contribution is -0.148. The Morgan fingerprint density at radius 1 is 0.828 bits per heavy atom. The van der Waals surface area contributed by atoms with Gasteiger partial charge in [-0.05, 0) is 50.1 Å². The fourth-order valence-electron chi connectivity index (χ4n) is 8.66. The number of carbonyl (C=O) groups excluding carboxylic acids is 4. The Morgan fingerprint density at radius 2 is 1.42 bits per heavy atom. The van der Waals surface area contributed by atoms with Gasteiger partial charge in [0.15, 0.2) is 0 Å². The molecule has 4 amide bonds. The van der Waals surface area contributed by atoms with Crippen molar-refractivity contribution in [3.8, 4) is 0 Å². The minimum absolute atomic E-state index is 0.00352. The number of aliphatic hydroxyl groups is 1. The Balaban J connectivity index is 2.13. The van der Waals surface area contributed by atoms with Crippen molar-refractivity contribution < 1.29 is 52.8 Å². The molecular weight excluding hydrogens is 825 g/mol. The molecule has 1 fully saturated rings. The van der Waals surface area contributed by atoms with E-state index < -0.39 is 48.4 Å². The van der Waals surface area contributed by atoms with Crippen molar-refractivity contribution in [1.82, 2.24) is 25.3 Å². The Labute approximate surface area is 383 Å². The molecule has 0 spiro atoms. The SMILES string of the molecule is CC[C@H](C)[C@@H]([C@@H](CC(=O)N1CCC[C@H]1[C@H](OC)[C@@H](C)C(=O)N[C@H](C)[C@@H](O)c1ccccc1)OC)N(C)C(=O)[C@@H](NC(=O)[C@H](C(C)C)N(C)CCOCCOCCOCCON)C(C)C. The van der Waals surface area contributed by atoms with Gasteiger partial charge in [-0.25, -0.2) is 5.90 Å². The summed E-state index contributed by atoms with van der Waals surface area (Å²) in [5.74, 6) is 3.05. The number of rotatable bonds is 32. The van der Waals surface area contributed by atoms with Crippen LogP contribution in [0.15, 0.2) is 30.3 Å². The van der Waals surface area contributed by atoms with Crippen molar-refractivity contribution in [1.29, 1.82) is 0 Å². The van der Waals surface area contributed by atoms with Crippen molar-refractivity contribution in [2.24, 2.45) is 29.6 Å². The van der Waals surface area contributed by atoms with Crippen LogP contribution in [0, 0.1) is 23.7 Å². The molecule has 17 heteroatoms. The second-order valence-corrected chi connectivity index (χ2v) is 17.8. The van der Waals surface area contributed by atoms with Crippen molar-refractivity contribution in [2.75, 3.05) is 87.7 Å². The van der Waals surface area contributed by atoms with E-state index in [9.17, 15) is 24.3 Å². The third kappa shape index (κ3) is 17.5. The topological polar surface area (TPSA) is 204 Å². The summed E-state index contributed by atoms with van der Waals surface area (Å²) in [6.45, 7) is 19.1. The van der Waals surface area contributed by atoms with Gasteiger partial charge in [0, 0.05) is 34.4 Å². The quantitative estimate of drug-likeness (QED) is 0.0607. The summed E-state index contributed by atoms with van der Waals surface area (Å²) in [5, 5.41) is 16.9. The summed E-state index contributed by atoms with van der Waals surface area (Å²) in [6.07, 6.45) is -0.0341. The van der Waals surface area contributed by atoms with Crippen molar-refractivity contribution >= 4 is 23.6 Å². The zero-order valence-electron chi connectivity index (χ0n) is 41.0. The molecule has 10 atom stereocenters. The standard InChI is InChI=1S/C47H84N6O11/c1-13-33(6)42(52(10)47(58)40(31(2)3)50-46(57)41(32(4)5)51(9)22-23-61-24-25-62-26-27-63-28-29-64-48)38(59-11)30-39(54)53-21-17-20-37(53)44(60-12)34(7)45(56)49-35(8)43(55)36-18-15-14-16-19-36/h14-16,18-19,31-35,37-38,40-44,55H,13,17,20-30,48H2,1-12H3,(H,49,56)(H,50,57)/t33-,34+,35+,37-,38+,40-,41-,42-,43+,44+/m0/s1. The predicted molar refractivity (Wildman–Crippen MR) is 246 cm³/mol. The maximum atomic E-state index is 14.5. The number of nitrogens with zero attached hydrogens (tertiary/aromatic N) is 3. The van der Waals surface area contributed by atoms with Crippen LogP contribution in [0.5, 0.6) is 0 Å². The molecule has 0 unspecified atom stereocenters. The Morgan fingerprint density at radius 3 is 1.95 bits per heavy atom. The van der Waals surface area contributed by atoms with Gasteiger partial charge in [0.1, 0.15) is 6.04 Å². The van der Waals surface area contributed by atoms with Crippen LogP contribution in [0.1, 0.15) is 92.7 Å².